The molecule has 22 heavy (non-hydrogen) atoms. The van der Waals surface area contributed by atoms with Gasteiger partial charge in [0.2, 0.25) is 0 Å². The van der Waals surface area contributed by atoms with E-state index in [0.29, 0.717) is 10.7 Å². The second-order valence-electron chi connectivity index (χ2n) is 4.62. The third kappa shape index (κ3) is 3.13. The average molecular weight is 315 g/mol. The summed E-state index contributed by atoms with van der Waals surface area (Å²) in [6, 6.07) is 5.87. The standard InChI is InChI=1S/C15H13N3O3S/c1-4-14-16-13(9-22-14)15(19)17(3)10(2)11-5-7-12(8-6-11)18(20)21/h1,5-10H,2-3H3. The molecule has 0 spiro atoms. The zero-order valence-electron chi connectivity index (χ0n) is 12.0. The molecular formula is C15H13N3O3S. The number of thiazole rings is 1. The summed E-state index contributed by atoms with van der Waals surface area (Å²) in [6.45, 7) is 1.84. The van der Waals surface area contributed by atoms with E-state index in [9.17, 15) is 14.9 Å². The van der Waals surface area contributed by atoms with E-state index in [4.69, 9.17) is 6.42 Å². The highest BCUT2D eigenvalue weighted by Crippen LogP contribution is 2.23. The van der Waals surface area contributed by atoms with Crippen LogP contribution in [0.1, 0.15) is 34.0 Å². The highest BCUT2D eigenvalue weighted by Gasteiger charge is 2.21. The van der Waals surface area contributed by atoms with Crippen molar-refractivity contribution in [3.05, 3.63) is 56.0 Å². The normalized spacial score (nSPS) is 11.5. The molecule has 1 unspecified atom stereocenters. The molecule has 0 saturated heterocycles. The molecule has 0 aliphatic heterocycles. The van der Waals surface area contributed by atoms with Gasteiger partial charge in [0.05, 0.1) is 11.0 Å². The van der Waals surface area contributed by atoms with Crippen LogP contribution in [-0.2, 0) is 0 Å². The minimum Gasteiger partial charge on any atom is -0.334 e. The van der Waals surface area contributed by atoms with Crippen LogP contribution in [0.25, 0.3) is 0 Å². The van der Waals surface area contributed by atoms with Crippen molar-refractivity contribution in [1.29, 1.82) is 0 Å². The van der Waals surface area contributed by atoms with Crippen LogP contribution in [0.2, 0.25) is 0 Å². The number of nitrogens with zero attached hydrogens (tertiary/aromatic N) is 3. The third-order valence-corrected chi connectivity index (χ3v) is 4.11. The fourth-order valence-corrected chi connectivity index (χ4v) is 2.49. The van der Waals surface area contributed by atoms with Gasteiger partial charge in [-0.05, 0) is 18.4 Å². The summed E-state index contributed by atoms with van der Waals surface area (Å²) >= 11 is 1.24. The van der Waals surface area contributed by atoms with E-state index in [-0.39, 0.29) is 17.6 Å². The molecule has 6 nitrogen and oxygen atoms in total. The lowest BCUT2D eigenvalue weighted by Crippen LogP contribution is -2.29. The van der Waals surface area contributed by atoms with E-state index in [0.717, 1.165) is 5.56 Å². The second-order valence-corrected chi connectivity index (χ2v) is 5.48. The van der Waals surface area contributed by atoms with Crippen molar-refractivity contribution in [1.82, 2.24) is 9.88 Å². The number of amides is 1. The van der Waals surface area contributed by atoms with Crippen molar-refractivity contribution in [3.63, 3.8) is 0 Å². The van der Waals surface area contributed by atoms with Crippen LogP contribution in [0, 0.1) is 22.5 Å². The fourth-order valence-electron chi connectivity index (χ4n) is 1.89. The molecule has 2 aromatic rings. The average Bonchev–Trinajstić information content (AvgIpc) is 3.01. The van der Waals surface area contributed by atoms with Crippen molar-refractivity contribution >= 4 is 22.9 Å². The summed E-state index contributed by atoms with van der Waals surface area (Å²) in [5.41, 5.74) is 1.12. The zero-order chi connectivity index (χ0) is 16.3. The van der Waals surface area contributed by atoms with Gasteiger partial charge in [-0.1, -0.05) is 12.1 Å². The maximum atomic E-state index is 12.4. The molecule has 1 aromatic heterocycles. The Morgan fingerprint density at radius 2 is 2.09 bits per heavy atom. The van der Waals surface area contributed by atoms with E-state index in [1.54, 1.807) is 24.6 Å². The number of hydrogen-bond donors (Lipinski definition) is 0. The van der Waals surface area contributed by atoms with Gasteiger partial charge in [0.25, 0.3) is 11.6 Å². The van der Waals surface area contributed by atoms with Gasteiger partial charge in [0.15, 0.2) is 5.01 Å². The highest BCUT2D eigenvalue weighted by molar-refractivity contribution is 7.10. The van der Waals surface area contributed by atoms with Crippen molar-refractivity contribution in [3.8, 4) is 12.3 Å². The topological polar surface area (TPSA) is 76.3 Å². The molecule has 7 heteroatoms. The molecule has 1 amide bonds. The van der Waals surface area contributed by atoms with Gasteiger partial charge in [-0.25, -0.2) is 4.98 Å². The van der Waals surface area contributed by atoms with Crippen LogP contribution < -0.4 is 0 Å². The van der Waals surface area contributed by atoms with E-state index >= 15 is 0 Å². The van der Waals surface area contributed by atoms with Gasteiger partial charge < -0.3 is 4.90 Å². The highest BCUT2D eigenvalue weighted by atomic mass is 32.1. The summed E-state index contributed by atoms with van der Waals surface area (Å²) in [5, 5.41) is 12.7. The van der Waals surface area contributed by atoms with E-state index in [1.165, 1.54) is 28.4 Å². The quantitative estimate of drug-likeness (QED) is 0.494. The number of hydrogen-bond acceptors (Lipinski definition) is 5. The molecule has 1 aromatic carbocycles. The van der Waals surface area contributed by atoms with Gasteiger partial charge in [0.1, 0.15) is 5.69 Å². The Kier molecular flexibility index (Phi) is 4.53. The largest absolute Gasteiger partial charge is 0.334 e. The van der Waals surface area contributed by atoms with Gasteiger partial charge in [-0.15, -0.1) is 17.8 Å². The van der Waals surface area contributed by atoms with Gasteiger partial charge in [0, 0.05) is 24.6 Å². The Labute approximate surface area is 131 Å². The van der Waals surface area contributed by atoms with Gasteiger partial charge in [-0.2, -0.15) is 0 Å². The van der Waals surface area contributed by atoms with Crippen molar-refractivity contribution in [2.24, 2.45) is 0 Å². The molecular weight excluding hydrogens is 302 g/mol. The number of terminal acetylenes is 1. The molecule has 0 radical (unpaired) electrons. The first-order valence-electron chi connectivity index (χ1n) is 6.37. The number of carbonyl (C=O) groups excluding carboxylic acids is 1. The Bertz CT molecular complexity index is 746. The van der Waals surface area contributed by atoms with Crippen LogP contribution in [0.5, 0.6) is 0 Å². The number of nitro benzene ring substituents is 1. The van der Waals surface area contributed by atoms with Crippen LogP contribution in [0.3, 0.4) is 0 Å². The summed E-state index contributed by atoms with van der Waals surface area (Å²) in [4.78, 5) is 28.1. The fraction of sp³-hybridized carbons (Fsp3) is 0.200. The van der Waals surface area contributed by atoms with E-state index in [1.807, 2.05) is 6.92 Å². The van der Waals surface area contributed by atoms with Gasteiger partial charge in [-0.3, -0.25) is 14.9 Å². The first-order chi connectivity index (χ1) is 10.4. The lowest BCUT2D eigenvalue weighted by Gasteiger charge is -2.24. The lowest BCUT2D eigenvalue weighted by molar-refractivity contribution is -0.384. The van der Waals surface area contributed by atoms with E-state index < -0.39 is 4.92 Å². The summed E-state index contributed by atoms with van der Waals surface area (Å²) in [6.07, 6.45) is 5.25. The minimum atomic E-state index is -0.458. The molecule has 0 N–H and O–H groups in total. The molecule has 0 bridgehead atoms. The SMILES string of the molecule is C#Cc1nc(C(=O)N(C)C(C)c2ccc([N+](=O)[O-])cc2)cs1. The number of non-ortho nitro benzene ring substituents is 1. The number of aromatic nitrogens is 1. The molecule has 0 fully saturated rings. The van der Waals surface area contributed by atoms with E-state index in [2.05, 4.69) is 10.9 Å². The number of rotatable bonds is 4. The Balaban J connectivity index is 2.17. The second kappa shape index (κ2) is 6.37. The zero-order valence-corrected chi connectivity index (χ0v) is 12.8. The molecule has 2 rings (SSSR count). The summed E-state index contributed by atoms with van der Waals surface area (Å²) in [7, 11) is 1.66. The van der Waals surface area contributed by atoms with Crippen LogP contribution in [0.15, 0.2) is 29.6 Å². The van der Waals surface area contributed by atoms with Crippen molar-refractivity contribution in [2.45, 2.75) is 13.0 Å². The van der Waals surface area contributed by atoms with Gasteiger partial charge >= 0.3 is 0 Å². The Hall–Kier alpha value is -2.72. The molecule has 0 saturated carbocycles. The number of carbonyl (C=O) groups is 1. The van der Waals surface area contributed by atoms with Crippen molar-refractivity contribution < 1.29 is 9.72 Å². The molecule has 1 heterocycles. The van der Waals surface area contributed by atoms with Crippen LogP contribution in [-0.4, -0.2) is 27.8 Å². The predicted molar refractivity (Wildman–Crippen MR) is 83.7 cm³/mol. The monoisotopic (exact) mass is 315 g/mol. The van der Waals surface area contributed by atoms with Crippen LogP contribution in [0.4, 0.5) is 5.69 Å². The summed E-state index contributed by atoms with van der Waals surface area (Å²) in [5.74, 6) is 2.15. The number of nitro groups is 1. The summed E-state index contributed by atoms with van der Waals surface area (Å²) < 4.78 is 0. The smallest absolute Gasteiger partial charge is 0.273 e. The lowest BCUT2D eigenvalue weighted by atomic mass is 10.1. The maximum absolute atomic E-state index is 12.4. The van der Waals surface area contributed by atoms with Crippen LogP contribution >= 0.6 is 11.3 Å². The first kappa shape index (κ1) is 15.7. The van der Waals surface area contributed by atoms with Crippen molar-refractivity contribution in [2.75, 3.05) is 7.05 Å². The molecule has 112 valence electrons. The minimum absolute atomic E-state index is 0.0168. The number of benzene rings is 1. The molecule has 0 aliphatic rings. The first-order valence-corrected chi connectivity index (χ1v) is 7.25. The Morgan fingerprint density at radius 1 is 1.45 bits per heavy atom. The third-order valence-electron chi connectivity index (χ3n) is 3.33. The molecule has 0 aliphatic carbocycles. The Morgan fingerprint density at radius 3 is 2.59 bits per heavy atom. The maximum Gasteiger partial charge on any atom is 0.273 e. The predicted octanol–water partition coefficient (Wildman–Crippen LogP) is 2.87. The molecule has 1 atom stereocenters.